The molecule has 1 atom stereocenters. The van der Waals surface area contributed by atoms with Gasteiger partial charge in [0.25, 0.3) is 0 Å². The number of carbonyl (C=O) groups is 2. The first-order valence-electron chi connectivity index (χ1n) is 6.13. The van der Waals surface area contributed by atoms with Crippen molar-refractivity contribution in [1.29, 1.82) is 0 Å². The molecule has 0 bridgehead atoms. The molecule has 0 aliphatic rings. The number of carboxylic acid groups (broad SMARTS) is 1. The van der Waals surface area contributed by atoms with Crippen molar-refractivity contribution in [3.05, 3.63) is 30.3 Å². The zero-order valence-corrected chi connectivity index (χ0v) is 12.0. The SMILES string of the molecule is CSCC(C)C(=O)N(CCC(=O)O)c1ccccc1. The smallest absolute Gasteiger partial charge is 0.305 e. The minimum atomic E-state index is -0.897. The summed E-state index contributed by atoms with van der Waals surface area (Å²) in [5.74, 6) is -0.313. The van der Waals surface area contributed by atoms with E-state index < -0.39 is 5.97 Å². The van der Waals surface area contributed by atoms with Crippen molar-refractivity contribution in [2.45, 2.75) is 13.3 Å². The molecule has 1 aromatic carbocycles. The fourth-order valence-electron chi connectivity index (χ4n) is 1.77. The van der Waals surface area contributed by atoms with Crippen molar-refractivity contribution in [3.63, 3.8) is 0 Å². The molecule has 1 N–H and O–H groups in total. The van der Waals surface area contributed by atoms with Crippen molar-refractivity contribution >= 4 is 29.3 Å². The van der Waals surface area contributed by atoms with E-state index in [1.807, 2.05) is 43.5 Å². The molecule has 0 aliphatic heterocycles. The van der Waals surface area contributed by atoms with Crippen molar-refractivity contribution in [1.82, 2.24) is 0 Å². The van der Waals surface area contributed by atoms with Crippen LogP contribution in [-0.2, 0) is 9.59 Å². The van der Waals surface area contributed by atoms with Crippen LogP contribution >= 0.6 is 11.8 Å². The van der Waals surface area contributed by atoms with Gasteiger partial charge in [0.05, 0.1) is 6.42 Å². The lowest BCUT2D eigenvalue weighted by atomic mass is 10.1. The van der Waals surface area contributed by atoms with E-state index in [9.17, 15) is 9.59 Å². The Labute approximate surface area is 117 Å². The first-order valence-corrected chi connectivity index (χ1v) is 7.52. The lowest BCUT2D eigenvalue weighted by molar-refractivity contribution is -0.136. The maximum absolute atomic E-state index is 12.4. The molecule has 1 aromatic rings. The minimum Gasteiger partial charge on any atom is -0.481 e. The lowest BCUT2D eigenvalue weighted by Gasteiger charge is -2.25. The highest BCUT2D eigenvalue weighted by Crippen LogP contribution is 2.18. The standard InChI is InChI=1S/C14H19NO3S/c1-11(10-19-2)14(18)15(9-8-13(16)17)12-6-4-3-5-7-12/h3-7,11H,8-10H2,1-2H3,(H,16,17). The highest BCUT2D eigenvalue weighted by Gasteiger charge is 2.21. The molecule has 0 saturated carbocycles. The molecule has 0 aliphatic carbocycles. The highest BCUT2D eigenvalue weighted by molar-refractivity contribution is 7.98. The third-order valence-electron chi connectivity index (χ3n) is 2.72. The number of carboxylic acids is 1. The van der Waals surface area contributed by atoms with Gasteiger partial charge in [-0.3, -0.25) is 9.59 Å². The summed E-state index contributed by atoms with van der Waals surface area (Å²) in [5, 5.41) is 8.79. The maximum Gasteiger partial charge on any atom is 0.305 e. The van der Waals surface area contributed by atoms with E-state index in [0.717, 1.165) is 11.4 Å². The van der Waals surface area contributed by atoms with Crippen LogP contribution in [-0.4, -0.2) is 35.5 Å². The van der Waals surface area contributed by atoms with Crippen molar-refractivity contribution < 1.29 is 14.7 Å². The quantitative estimate of drug-likeness (QED) is 0.834. The van der Waals surface area contributed by atoms with Gasteiger partial charge in [0.2, 0.25) is 5.91 Å². The van der Waals surface area contributed by atoms with E-state index in [-0.39, 0.29) is 24.8 Å². The summed E-state index contributed by atoms with van der Waals surface area (Å²) in [7, 11) is 0. The number of aliphatic carboxylic acids is 1. The van der Waals surface area contributed by atoms with Crippen LogP contribution in [0, 0.1) is 5.92 Å². The average Bonchev–Trinajstić information content (AvgIpc) is 2.40. The highest BCUT2D eigenvalue weighted by atomic mass is 32.2. The molecule has 0 spiro atoms. The van der Waals surface area contributed by atoms with Crippen molar-refractivity contribution in [2.75, 3.05) is 23.5 Å². The summed E-state index contributed by atoms with van der Waals surface area (Å²) in [6, 6.07) is 9.21. The Morgan fingerprint density at radius 1 is 1.32 bits per heavy atom. The van der Waals surface area contributed by atoms with Gasteiger partial charge in [-0.25, -0.2) is 0 Å². The van der Waals surface area contributed by atoms with Crippen LogP contribution in [0.25, 0.3) is 0 Å². The molecule has 104 valence electrons. The molecule has 0 radical (unpaired) electrons. The van der Waals surface area contributed by atoms with Crippen LogP contribution < -0.4 is 4.90 Å². The molecular formula is C14H19NO3S. The Morgan fingerprint density at radius 2 is 1.95 bits per heavy atom. The summed E-state index contributed by atoms with van der Waals surface area (Å²) in [6.45, 7) is 2.08. The number of hydrogen-bond donors (Lipinski definition) is 1. The van der Waals surface area contributed by atoms with E-state index >= 15 is 0 Å². The van der Waals surface area contributed by atoms with Crippen LogP contribution in [0.15, 0.2) is 30.3 Å². The summed E-state index contributed by atoms with van der Waals surface area (Å²) in [5.41, 5.74) is 0.752. The second-order valence-corrected chi connectivity index (χ2v) is 5.24. The molecule has 0 aromatic heterocycles. The lowest BCUT2D eigenvalue weighted by Crippen LogP contribution is -2.37. The summed E-state index contributed by atoms with van der Waals surface area (Å²) >= 11 is 1.61. The van der Waals surface area contributed by atoms with Gasteiger partial charge in [-0.1, -0.05) is 25.1 Å². The van der Waals surface area contributed by atoms with E-state index in [2.05, 4.69) is 0 Å². The first-order chi connectivity index (χ1) is 9.06. The number of carbonyl (C=O) groups excluding carboxylic acids is 1. The minimum absolute atomic E-state index is 0.0261. The largest absolute Gasteiger partial charge is 0.481 e. The number of benzene rings is 1. The second kappa shape index (κ2) is 7.84. The van der Waals surface area contributed by atoms with Gasteiger partial charge >= 0.3 is 5.97 Å². The van der Waals surface area contributed by atoms with Crippen LogP contribution in [0.4, 0.5) is 5.69 Å². The number of amides is 1. The Kier molecular flexibility index (Phi) is 6.42. The number of para-hydroxylation sites is 1. The summed E-state index contributed by atoms with van der Waals surface area (Å²) < 4.78 is 0. The fraction of sp³-hybridized carbons (Fsp3) is 0.429. The Bertz CT molecular complexity index is 422. The molecule has 1 rings (SSSR count). The van der Waals surface area contributed by atoms with E-state index in [1.54, 1.807) is 16.7 Å². The molecule has 1 amide bonds. The third-order valence-corrected chi connectivity index (χ3v) is 3.55. The molecule has 0 fully saturated rings. The predicted molar refractivity (Wildman–Crippen MR) is 78.6 cm³/mol. The van der Waals surface area contributed by atoms with Gasteiger partial charge in [-0.05, 0) is 18.4 Å². The summed E-state index contributed by atoms with van der Waals surface area (Å²) in [6.07, 6.45) is 1.90. The second-order valence-electron chi connectivity index (χ2n) is 4.33. The van der Waals surface area contributed by atoms with Gasteiger partial charge in [-0.15, -0.1) is 0 Å². The predicted octanol–water partition coefficient (Wildman–Crippen LogP) is 2.49. The van der Waals surface area contributed by atoms with Gasteiger partial charge < -0.3 is 10.0 Å². The third kappa shape index (κ3) is 4.95. The van der Waals surface area contributed by atoms with Gasteiger partial charge in [0.1, 0.15) is 0 Å². The van der Waals surface area contributed by atoms with Crippen LogP contribution in [0.5, 0.6) is 0 Å². The monoisotopic (exact) mass is 281 g/mol. The number of thioether (sulfide) groups is 1. The number of nitrogens with zero attached hydrogens (tertiary/aromatic N) is 1. The molecule has 0 heterocycles. The Hall–Kier alpha value is -1.49. The molecule has 19 heavy (non-hydrogen) atoms. The number of rotatable bonds is 7. The molecular weight excluding hydrogens is 262 g/mol. The maximum atomic E-state index is 12.4. The zero-order chi connectivity index (χ0) is 14.3. The van der Waals surface area contributed by atoms with E-state index in [0.29, 0.717) is 0 Å². The zero-order valence-electron chi connectivity index (χ0n) is 11.2. The van der Waals surface area contributed by atoms with Gasteiger partial charge in [0, 0.05) is 23.9 Å². The number of anilines is 1. The van der Waals surface area contributed by atoms with E-state index in [1.165, 1.54) is 0 Å². The first kappa shape index (κ1) is 15.6. The van der Waals surface area contributed by atoms with Crippen molar-refractivity contribution in [3.8, 4) is 0 Å². The number of hydrogen-bond acceptors (Lipinski definition) is 3. The van der Waals surface area contributed by atoms with Gasteiger partial charge in [0.15, 0.2) is 0 Å². The average molecular weight is 281 g/mol. The van der Waals surface area contributed by atoms with Crippen molar-refractivity contribution in [2.24, 2.45) is 5.92 Å². The normalized spacial score (nSPS) is 11.9. The molecule has 0 saturated heterocycles. The van der Waals surface area contributed by atoms with Gasteiger partial charge in [-0.2, -0.15) is 11.8 Å². The molecule has 1 unspecified atom stereocenters. The van der Waals surface area contributed by atoms with Crippen LogP contribution in [0.1, 0.15) is 13.3 Å². The molecule has 5 heteroatoms. The summed E-state index contributed by atoms with van der Waals surface area (Å²) in [4.78, 5) is 24.6. The Balaban J connectivity index is 2.86. The fourth-order valence-corrected chi connectivity index (χ4v) is 2.41. The Morgan fingerprint density at radius 3 is 2.47 bits per heavy atom. The topological polar surface area (TPSA) is 57.6 Å². The molecule has 4 nitrogen and oxygen atoms in total. The van der Waals surface area contributed by atoms with Crippen LogP contribution in [0.2, 0.25) is 0 Å². The van der Waals surface area contributed by atoms with E-state index in [4.69, 9.17) is 5.11 Å². The van der Waals surface area contributed by atoms with Crippen LogP contribution in [0.3, 0.4) is 0 Å².